The van der Waals surface area contributed by atoms with Gasteiger partial charge in [0, 0.05) is 17.7 Å². The molecule has 0 radical (unpaired) electrons. The Labute approximate surface area is 173 Å². The summed E-state index contributed by atoms with van der Waals surface area (Å²) in [4.78, 5) is 47.6. The molecule has 3 rings (SSSR count). The van der Waals surface area contributed by atoms with Gasteiger partial charge < -0.3 is 9.30 Å². The van der Waals surface area contributed by atoms with Gasteiger partial charge in [-0.3, -0.25) is 14.0 Å². The summed E-state index contributed by atoms with van der Waals surface area (Å²) in [6.45, 7) is 10.9. The molecule has 0 aliphatic heterocycles. The number of carbonyl (C=O) groups excluding carboxylic acids is 2. The zero-order valence-electron chi connectivity index (χ0n) is 18.1. The zero-order chi connectivity index (χ0) is 22.2. The fourth-order valence-electron chi connectivity index (χ4n) is 3.07. The minimum absolute atomic E-state index is 0.0606. The average Bonchev–Trinajstić information content (AvgIpc) is 2.66. The summed E-state index contributed by atoms with van der Waals surface area (Å²) in [5.74, 6) is -1.04. The maximum absolute atomic E-state index is 13.1. The highest BCUT2D eigenvalue weighted by atomic mass is 16.5. The SMILES string of the molecule is CCOC(=O)c1cc2c(=O)n3ccccc3nc2n(C(C)C)c1=NC(=O)C(C)(C)C. The predicted molar refractivity (Wildman–Crippen MR) is 113 cm³/mol. The fraction of sp³-hybridized carbons (Fsp3) is 0.409. The van der Waals surface area contributed by atoms with E-state index >= 15 is 0 Å². The smallest absolute Gasteiger partial charge is 0.341 e. The van der Waals surface area contributed by atoms with Crippen molar-refractivity contribution in [1.29, 1.82) is 0 Å². The molecule has 3 aromatic heterocycles. The Morgan fingerprint density at radius 2 is 1.93 bits per heavy atom. The fourth-order valence-corrected chi connectivity index (χ4v) is 3.07. The Morgan fingerprint density at radius 3 is 2.53 bits per heavy atom. The molecule has 0 bridgehead atoms. The molecular formula is C22H26N4O4. The molecule has 30 heavy (non-hydrogen) atoms. The van der Waals surface area contributed by atoms with Crippen LogP contribution in [-0.4, -0.2) is 32.4 Å². The highest BCUT2D eigenvalue weighted by molar-refractivity contribution is 5.94. The lowest BCUT2D eigenvalue weighted by molar-refractivity contribution is -0.125. The summed E-state index contributed by atoms with van der Waals surface area (Å²) in [6, 6.07) is 6.44. The number of esters is 1. The number of amides is 1. The molecule has 0 N–H and O–H groups in total. The van der Waals surface area contributed by atoms with Crippen LogP contribution in [0.25, 0.3) is 16.7 Å². The summed E-state index contributed by atoms with van der Waals surface area (Å²) in [6.07, 6.45) is 1.62. The first-order valence-corrected chi connectivity index (χ1v) is 9.89. The van der Waals surface area contributed by atoms with Crippen LogP contribution in [0.15, 0.2) is 40.2 Å². The monoisotopic (exact) mass is 410 g/mol. The highest BCUT2D eigenvalue weighted by Gasteiger charge is 2.24. The maximum Gasteiger partial charge on any atom is 0.341 e. The van der Waals surface area contributed by atoms with Crippen molar-refractivity contribution >= 4 is 28.6 Å². The third-order valence-electron chi connectivity index (χ3n) is 4.60. The van der Waals surface area contributed by atoms with Crippen LogP contribution in [0.3, 0.4) is 0 Å². The Bertz CT molecular complexity index is 1280. The topological polar surface area (TPSA) is 95.0 Å². The first-order chi connectivity index (χ1) is 14.1. The third kappa shape index (κ3) is 3.77. The van der Waals surface area contributed by atoms with Crippen LogP contribution in [0.2, 0.25) is 0 Å². The molecule has 0 atom stereocenters. The van der Waals surface area contributed by atoms with Gasteiger partial charge in [-0.1, -0.05) is 26.8 Å². The van der Waals surface area contributed by atoms with Crippen molar-refractivity contribution in [2.45, 2.75) is 47.6 Å². The van der Waals surface area contributed by atoms with Crippen LogP contribution >= 0.6 is 0 Å². The molecule has 8 heteroatoms. The minimum atomic E-state index is -0.744. The average molecular weight is 410 g/mol. The second kappa shape index (κ2) is 7.85. The van der Waals surface area contributed by atoms with Crippen molar-refractivity contribution in [2.24, 2.45) is 10.4 Å². The van der Waals surface area contributed by atoms with Gasteiger partial charge in [-0.15, -0.1) is 0 Å². The van der Waals surface area contributed by atoms with E-state index in [4.69, 9.17) is 4.74 Å². The van der Waals surface area contributed by atoms with Crippen molar-refractivity contribution in [3.05, 3.63) is 51.9 Å². The van der Waals surface area contributed by atoms with Crippen molar-refractivity contribution in [1.82, 2.24) is 14.0 Å². The highest BCUT2D eigenvalue weighted by Crippen LogP contribution is 2.18. The molecule has 0 aromatic carbocycles. The van der Waals surface area contributed by atoms with Crippen LogP contribution in [0.5, 0.6) is 0 Å². The second-order valence-electron chi connectivity index (χ2n) is 8.32. The van der Waals surface area contributed by atoms with Gasteiger partial charge in [-0.05, 0) is 39.0 Å². The van der Waals surface area contributed by atoms with E-state index in [0.717, 1.165) is 0 Å². The largest absolute Gasteiger partial charge is 0.462 e. The van der Waals surface area contributed by atoms with Crippen molar-refractivity contribution in [2.75, 3.05) is 6.61 Å². The molecule has 0 aliphatic carbocycles. The number of aromatic nitrogens is 3. The van der Waals surface area contributed by atoms with E-state index < -0.39 is 11.4 Å². The molecule has 0 saturated carbocycles. The van der Waals surface area contributed by atoms with Crippen LogP contribution in [0.1, 0.15) is 57.9 Å². The van der Waals surface area contributed by atoms with Crippen LogP contribution in [0, 0.1) is 5.41 Å². The van der Waals surface area contributed by atoms with Gasteiger partial charge in [0.15, 0.2) is 5.49 Å². The molecule has 1 amide bonds. The first-order valence-electron chi connectivity index (χ1n) is 9.89. The van der Waals surface area contributed by atoms with Gasteiger partial charge in [-0.25, -0.2) is 9.78 Å². The van der Waals surface area contributed by atoms with Gasteiger partial charge in [0.1, 0.15) is 16.9 Å². The number of fused-ring (bicyclic) bond motifs is 2. The lowest BCUT2D eigenvalue weighted by Crippen LogP contribution is -2.35. The normalized spacial score (nSPS) is 12.7. The quantitative estimate of drug-likeness (QED) is 0.489. The Morgan fingerprint density at radius 1 is 1.23 bits per heavy atom. The lowest BCUT2D eigenvalue weighted by atomic mass is 9.96. The van der Waals surface area contributed by atoms with E-state index in [1.165, 1.54) is 10.5 Å². The van der Waals surface area contributed by atoms with E-state index in [0.29, 0.717) is 11.3 Å². The molecule has 0 saturated heterocycles. The number of ether oxygens (including phenoxy) is 1. The maximum atomic E-state index is 13.1. The number of nitrogens with zero attached hydrogens (tertiary/aromatic N) is 4. The summed E-state index contributed by atoms with van der Waals surface area (Å²) in [7, 11) is 0. The van der Waals surface area contributed by atoms with Gasteiger partial charge in [0.05, 0.1) is 12.0 Å². The molecule has 0 aliphatic rings. The van der Waals surface area contributed by atoms with Crippen LogP contribution < -0.4 is 11.0 Å². The number of carbonyl (C=O) groups is 2. The standard InChI is InChI=1S/C22H26N4O4/c1-7-30-20(28)15-12-14-17(23-16-10-8-9-11-25(16)19(14)27)26(13(2)3)18(15)24-21(29)22(4,5)6/h8-13H,7H2,1-6H3. The van der Waals surface area contributed by atoms with Gasteiger partial charge in [0.25, 0.3) is 11.5 Å². The van der Waals surface area contributed by atoms with E-state index in [1.54, 1.807) is 56.7 Å². The summed E-state index contributed by atoms with van der Waals surface area (Å²) >= 11 is 0. The van der Waals surface area contributed by atoms with E-state index in [9.17, 15) is 14.4 Å². The second-order valence-corrected chi connectivity index (χ2v) is 8.32. The molecule has 0 unspecified atom stereocenters. The zero-order valence-corrected chi connectivity index (χ0v) is 18.1. The number of hydrogen-bond acceptors (Lipinski definition) is 5. The summed E-state index contributed by atoms with van der Waals surface area (Å²) < 4.78 is 8.26. The molecule has 0 spiro atoms. The molecule has 0 fully saturated rings. The van der Waals surface area contributed by atoms with Crippen molar-refractivity contribution in [3.63, 3.8) is 0 Å². The third-order valence-corrected chi connectivity index (χ3v) is 4.60. The summed E-state index contributed by atoms with van der Waals surface area (Å²) in [5, 5.41) is 0.248. The van der Waals surface area contributed by atoms with Crippen molar-refractivity contribution < 1.29 is 14.3 Å². The molecule has 3 heterocycles. The number of pyridine rings is 2. The predicted octanol–water partition coefficient (Wildman–Crippen LogP) is 2.88. The van der Waals surface area contributed by atoms with Crippen LogP contribution in [-0.2, 0) is 9.53 Å². The van der Waals surface area contributed by atoms with E-state index in [2.05, 4.69) is 9.98 Å². The van der Waals surface area contributed by atoms with Crippen molar-refractivity contribution in [3.8, 4) is 0 Å². The Balaban J connectivity index is 2.58. The number of rotatable bonds is 3. The summed E-state index contributed by atoms with van der Waals surface area (Å²) in [5.41, 5.74) is -0.0414. The van der Waals surface area contributed by atoms with Gasteiger partial charge >= 0.3 is 5.97 Å². The van der Waals surface area contributed by atoms with E-state index in [1.807, 2.05) is 13.8 Å². The minimum Gasteiger partial charge on any atom is -0.462 e. The van der Waals surface area contributed by atoms with Gasteiger partial charge in [0.2, 0.25) is 0 Å². The molecule has 158 valence electrons. The Kier molecular flexibility index (Phi) is 5.61. The molecule has 8 nitrogen and oxygen atoms in total. The number of hydrogen-bond donors (Lipinski definition) is 0. The Hall–Kier alpha value is -3.29. The first kappa shape index (κ1) is 21.4. The van der Waals surface area contributed by atoms with E-state index in [-0.39, 0.29) is 40.6 Å². The van der Waals surface area contributed by atoms with Crippen LogP contribution in [0.4, 0.5) is 0 Å². The lowest BCUT2D eigenvalue weighted by Gasteiger charge is -2.19. The van der Waals surface area contributed by atoms with Gasteiger partial charge in [-0.2, -0.15) is 4.99 Å². The molecular weight excluding hydrogens is 384 g/mol. The molecule has 3 aromatic rings.